The number of rotatable bonds is 8. The Morgan fingerprint density at radius 1 is 0.857 bits per heavy atom. The molecule has 0 saturated heterocycles. The summed E-state index contributed by atoms with van der Waals surface area (Å²) in [6.45, 7) is 23.4. The van der Waals surface area contributed by atoms with Gasteiger partial charge in [0, 0.05) is 78.7 Å². The first-order valence-corrected chi connectivity index (χ1v) is 19.7. The number of hydrogen-bond donors (Lipinski definition) is 1. The van der Waals surface area contributed by atoms with E-state index in [4.69, 9.17) is 4.98 Å². The van der Waals surface area contributed by atoms with Gasteiger partial charge in [-0.2, -0.15) is 11.3 Å². The molecule has 0 aliphatic rings. The monoisotopic (exact) mass is 889 g/mol. The van der Waals surface area contributed by atoms with Gasteiger partial charge in [-0.3, -0.25) is 9.78 Å². The van der Waals surface area contributed by atoms with E-state index in [-0.39, 0.29) is 47.9 Å². The Labute approximate surface area is 318 Å². The van der Waals surface area contributed by atoms with Crippen molar-refractivity contribution in [3.63, 3.8) is 0 Å². The average molecular weight is 889 g/mol. The number of thiophene rings is 3. The molecule has 0 saturated carbocycles. The van der Waals surface area contributed by atoms with Crippen LogP contribution in [-0.4, -0.2) is 15.9 Å². The molecule has 6 aromatic rings. The second-order valence-corrected chi connectivity index (χ2v) is 17.9. The van der Waals surface area contributed by atoms with Gasteiger partial charge >= 0.3 is 0 Å². The van der Waals surface area contributed by atoms with Crippen molar-refractivity contribution in [2.75, 3.05) is 0 Å². The summed E-state index contributed by atoms with van der Waals surface area (Å²) in [4.78, 5) is 18.5. The number of aromatic nitrogens is 1. The van der Waals surface area contributed by atoms with Crippen LogP contribution in [0, 0.1) is 30.7 Å². The van der Waals surface area contributed by atoms with Gasteiger partial charge in [-0.15, -0.1) is 46.3 Å². The number of carbonyl (C=O) groups excluding carboxylic acids is 1. The van der Waals surface area contributed by atoms with Crippen molar-refractivity contribution in [2.24, 2.45) is 10.8 Å². The predicted octanol–water partition coefficient (Wildman–Crippen LogP) is 13.9. The van der Waals surface area contributed by atoms with E-state index in [0.29, 0.717) is 0 Å². The topological polar surface area (TPSA) is 50.2 Å². The second-order valence-electron chi connectivity index (χ2n) is 14.7. The Balaban J connectivity index is 0.000000260. The molecule has 0 unspecified atom stereocenters. The minimum absolute atomic E-state index is 0. The van der Waals surface area contributed by atoms with Crippen LogP contribution in [0.5, 0.6) is 0 Å². The number of ketones is 1. The van der Waals surface area contributed by atoms with Gasteiger partial charge in [0.2, 0.25) is 0 Å². The van der Waals surface area contributed by atoms with Crippen LogP contribution in [0.15, 0.2) is 53.7 Å². The van der Waals surface area contributed by atoms with E-state index in [9.17, 15) is 9.90 Å². The van der Waals surface area contributed by atoms with Crippen LogP contribution in [0.1, 0.15) is 104 Å². The predicted molar refractivity (Wildman–Crippen MR) is 213 cm³/mol. The van der Waals surface area contributed by atoms with E-state index in [1.165, 1.54) is 62.4 Å². The number of benzene rings is 2. The van der Waals surface area contributed by atoms with Crippen molar-refractivity contribution in [3.05, 3.63) is 75.8 Å². The smallest absolute Gasteiger partial charge is 0.164 e. The number of aliphatic hydroxyl groups excluding tert-OH is 1. The van der Waals surface area contributed by atoms with Gasteiger partial charge < -0.3 is 5.11 Å². The largest absolute Gasteiger partial charge is 0.512 e. The second kappa shape index (κ2) is 15.1. The molecule has 6 rings (SSSR count). The van der Waals surface area contributed by atoms with Crippen molar-refractivity contribution in [1.82, 2.24) is 4.98 Å². The van der Waals surface area contributed by atoms with Crippen LogP contribution >= 0.6 is 34.0 Å². The van der Waals surface area contributed by atoms with Crippen molar-refractivity contribution < 1.29 is 30.0 Å². The quantitative estimate of drug-likeness (QED) is 0.0941. The third kappa shape index (κ3) is 7.35. The maximum absolute atomic E-state index is 12.2. The minimum Gasteiger partial charge on any atom is -0.512 e. The van der Waals surface area contributed by atoms with Crippen molar-refractivity contribution >= 4 is 80.1 Å². The number of hydrogen-bond acceptors (Lipinski definition) is 6. The Bertz CT molecular complexity index is 2150. The van der Waals surface area contributed by atoms with E-state index in [0.717, 1.165) is 36.9 Å². The first-order chi connectivity index (χ1) is 22.6. The maximum atomic E-state index is 12.2. The van der Waals surface area contributed by atoms with Crippen molar-refractivity contribution in [1.29, 1.82) is 0 Å². The Hall–Kier alpha value is -2.41. The molecule has 1 N–H and O–H groups in total. The van der Waals surface area contributed by atoms with E-state index in [2.05, 4.69) is 76.4 Å². The zero-order chi connectivity index (χ0) is 35.2. The van der Waals surface area contributed by atoms with Crippen LogP contribution in [0.4, 0.5) is 0 Å². The molecule has 0 spiro atoms. The zero-order valence-electron chi connectivity index (χ0n) is 30.8. The van der Waals surface area contributed by atoms with Gasteiger partial charge in [0.1, 0.15) is 5.76 Å². The third-order valence-electron chi connectivity index (χ3n) is 10.8. The van der Waals surface area contributed by atoms with Crippen LogP contribution < -0.4 is 0 Å². The first kappa shape index (κ1) is 39.4. The van der Waals surface area contributed by atoms with Crippen LogP contribution in [-0.2, 0) is 30.3 Å². The van der Waals surface area contributed by atoms with Gasteiger partial charge in [0.15, 0.2) is 5.78 Å². The first-order valence-electron chi connectivity index (χ1n) is 17.2. The Morgan fingerprint density at radius 3 is 2.10 bits per heavy atom. The van der Waals surface area contributed by atoms with Crippen molar-refractivity contribution in [2.45, 2.75) is 107 Å². The zero-order valence-corrected chi connectivity index (χ0v) is 35.7. The number of aliphatic hydroxyl groups is 1. The molecule has 0 atom stereocenters. The fourth-order valence-electron chi connectivity index (χ4n) is 6.17. The molecule has 0 amide bonds. The molecule has 49 heavy (non-hydrogen) atoms. The molecule has 263 valence electrons. The van der Waals surface area contributed by atoms with Gasteiger partial charge in [-0.1, -0.05) is 79.5 Å². The molecular weight excluding hydrogens is 839 g/mol. The molecule has 4 heterocycles. The molecule has 0 aliphatic carbocycles. The molecule has 3 nitrogen and oxygen atoms in total. The summed E-state index contributed by atoms with van der Waals surface area (Å²) in [5.41, 5.74) is 4.40. The summed E-state index contributed by atoms with van der Waals surface area (Å²) in [6.07, 6.45) is 6.71. The van der Waals surface area contributed by atoms with E-state index < -0.39 is 0 Å². The normalized spacial score (nSPS) is 12.8. The van der Waals surface area contributed by atoms with Crippen LogP contribution in [0.3, 0.4) is 0 Å². The summed E-state index contributed by atoms with van der Waals surface area (Å²) in [5, 5.41) is 17.6. The molecule has 1 radical (unpaired) electrons. The van der Waals surface area contributed by atoms with Crippen LogP contribution in [0.2, 0.25) is 0 Å². The van der Waals surface area contributed by atoms with E-state index in [1.807, 2.05) is 81.7 Å². The standard InChI is InChI=1S/C27H22NS3.C15H28O2.Ir/c1-14-15(2)30-21-7-6-18-19-8-10-28-23(26(19)31-25(18)22(14)21)17-12-16-9-11-29-24(16)20(13-17)27(3,4)5;1-7-14(5,8-2)12(16)11-13(17)15(6,9-3)10-4;/h6-11,13H,1-5H3;11,16H,7-10H2,1-6H3;/q-1;;/b;12-11-;. The molecule has 2 aromatic carbocycles. The summed E-state index contributed by atoms with van der Waals surface area (Å²) < 4.78 is 5.37. The van der Waals surface area contributed by atoms with Gasteiger partial charge in [-0.25, -0.2) is 0 Å². The SMILES string of the molecule is CCC(C)(CC)C(=O)/C=C(\O)C(C)(CC)CC.Cc1sc2ccc3c4ccnc(-c5[c-]c6ccsc6c(C(C)(C)C)c5)c4sc3c2c1C.[Ir]. The molecule has 0 aliphatic heterocycles. The van der Waals surface area contributed by atoms with Gasteiger partial charge in [0.05, 0.1) is 0 Å². The molecule has 0 bridgehead atoms. The number of nitrogens with zero attached hydrogens (tertiary/aromatic N) is 1. The number of fused-ring (bicyclic) bond motifs is 6. The van der Waals surface area contributed by atoms with Crippen LogP contribution in [0.25, 0.3) is 51.6 Å². The van der Waals surface area contributed by atoms with E-state index in [1.54, 1.807) is 0 Å². The fourth-order valence-corrected chi connectivity index (χ4v) is 9.80. The third-order valence-corrected chi connectivity index (χ3v) is 14.2. The number of carbonyl (C=O) groups is 1. The fraction of sp³-hybridized carbons (Fsp3) is 0.429. The van der Waals surface area contributed by atoms with Gasteiger partial charge in [-0.05, 0) is 78.1 Å². The molecule has 4 aromatic heterocycles. The van der Waals surface area contributed by atoms with Crippen molar-refractivity contribution in [3.8, 4) is 11.3 Å². The minimum atomic E-state index is -0.337. The maximum Gasteiger partial charge on any atom is 0.164 e. The number of pyridine rings is 1. The van der Waals surface area contributed by atoms with Gasteiger partial charge in [0.25, 0.3) is 0 Å². The summed E-state index contributed by atoms with van der Waals surface area (Å²) in [7, 11) is 0. The Morgan fingerprint density at radius 2 is 1.49 bits per heavy atom. The molecule has 0 fully saturated rings. The van der Waals surface area contributed by atoms with E-state index >= 15 is 0 Å². The number of allylic oxidation sites excluding steroid dienone is 2. The Kier molecular flexibility index (Phi) is 12.1. The summed E-state index contributed by atoms with van der Waals surface area (Å²) in [5.74, 6) is 0.286. The molecular formula is C42H50IrNO2S3-. The summed E-state index contributed by atoms with van der Waals surface area (Å²) in [6, 6.07) is 14.9. The average Bonchev–Trinajstić information content (AvgIpc) is 3.78. The number of aryl methyl sites for hydroxylation is 2. The summed E-state index contributed by atoms with van der Waals surface area (Å²) >= 11 is 5.59. The molecule has 7 heteroatoms.